The van der Waals surface area contributed by atoms with E-state index in [4.69, 9.17) is 5.73 Å². The summed E-state index contributed by atoms with van der Waals surface area (Å²) < 4.78 is 0. The highest BCUT2D eigenvalue weighted by atomic mass is 32.1. The molecule has 0 fully saturated rings. The summed E-state index contributed by atoms with van der Waals surface area (Å²) in [6.45, 7) is 4.47. The molecule has 1 aromatic heterocycles. The molecule has 0 aliphatic rings. The van der Waals surface area contributed by atoms with Gasteiger partial charge in [-0.25, -0.2) is 0 Å². The summed E-state index contributed by atoms with van der Waals surface area (Å²) in [7, 11) is 0. The number of thiophene rings is 1. The molecular weight excluding hydrogens is 196 g/mol. The lowest BCUT2D eigenvalue weighted by Gasteiger charge is -2.05. The third-order valence-corrected chi connectivity index (χ3v) is 3.05. The first-order valence-corrected chi connectivity index (χ1v) is 5.57. The quantitative estimate of drug-likeness (QED) is 0.792. The second-order valence-corrected chi connectivity index (χ2v) is 4.48. The third kappa shape index (κ3) is 3.12. The predicted molar refractivity (Wildman–Crippen MR) is 59.7 cm³/mol. The van der Waals surface area contributed by atoms with Crippen molar-refractivity contribution in [2.75, 3.05) is 6.54 Å². The second kappa shape index (κ2) is 5.12. The monoisotopic (exact) mass is 212 g/mol. The summed E-state index contributed by atoms with van der Waals surface area (Å²) in [4.78, 5) is 13.5. The van der Waals surface area contributed by atoms with Crippen LogP contribution < -0.4 is 11.1 Å². The number of hydrogen-bond donors (Lipinski definition) is 2. The van der Waals surface area contributed by atoms with E-state index in [9.17, 15) is 4.79 Å². The first-order chi connectivity index (χ1) is 6.63. The minimum Gasteiger partial charge on any atom is -0.350 e. The van der Waals surface area contributed by atoms with Gasteiger partial charge in [0.25, 0.3) is 5.91 Å². The number of carbonyl (C=O) groups excluding carboxylic acids is 1. The van der Waals surface area contributed by atoms with Crippen LogP contribution in [-0.2, 0) is 6.42 Å². The van der Waals surface area contributed by atoms with Crippen LogP contribution in [0.4, 0.5) is 0 Å². The lowest BCUT2D eigenvalue weighted by Crippen LogP contribution is -2.34. The normalized spacial score (nSPS) is 12.5. The summed E-state index contributed by atoms with van der Waals surface area (Å²) in [6, 6.07) is 3.86. The Morgan fingerprint density at radius 1 is 1.64 bits per heavy atom. The van der Waals surface area contributed by atoms with Gasteiger partial charge in [0, 0.05) is 17.5 Å². The van der Waals surface area contributed by atoms with Gasteiger partial charge >= 0.3 is 0 Å². The van der Waals surface area contributed by atoms with Crippen LogP contribution in [0.3, 0.4) is 0 Å². The Morgan fingerprint density at radius 2 is 2.36 bits per heavy atom. The van der Waals surface area contributed by atoms with Crippen molar-refractivity contribution in [3.63, 3.8) is 0 Å². The van der Waals surface area contributed by atoms with Crippen LogP contribution in [0.25, 0.3) is 0 Å². The first kappa shape index (κ1) is 11.2. The molecule has 0 bridgehead atoms. The van der Waals surface area contributed by atoms with E-state index < -0.39 is 0 Å². The number of aryl methyl sites for hydroxylation is 1. The molecule has 1 rings (SSSR count). The smallest absolute Gasteiger partial charge is 0.261 e. The van der Waals surface area contributed by atoms with Gasteiger partial charge in [0.2, 0.25) is 0 Å². The average molecular weight is 212 g/mol. The molecule has 1 atom stereocenters. The van der Waals surface area contributed by atoms with E-state index in [1.165, 1.54) is 16.2 Å². The number of nitrogens with one attached hydrogen (secondary N) is 1. The molecule has 0 saturated heterocycles. The molecule has 0 saturated carbocycles. The fourth-order valence-electron chi connectivity index (χ4n) is 1.03. The summed E-state index contributed by atoms with van der Waals surface area (Å²) in [5.74, 6) is -0.0213. The summed E-state index contributed by atoms with van der Waals surface area (Å²) >= 11 is 1.54. The molecule has 0 aliphatic heterocycles. The van der Waals surface area contributed by atoms with E-state index in [1.54, 1.807) is 0 Å². The summed E-state index contributed by atoms with van der Waals surface area (Å²) in [5.41, 5.74) is 5.54. The lowest BCUT2D eigenvalue weighted by molar-refractivity contribution is 0.0956. The van der Waals surface area contributed by atoms with Crippen LogP contribution in [0.2, 0.25) is 0 Å². The number of rotatable bonds is 4. The third-order valence-electron chi connectivity index (χ3n) is 1.82. The van der Waals surface area contributed by atoms with Crippen LogP contribution >= 0.6 is 11.3 Å². The molecule has 4 heteroatoms. The second-order valence-electron chi connectivity index (χ2n) is 3.31. The van der Waals surface area contributed by atoms with E-state index in [0.717, 1.165) is 11.3 Å². The molecule has 78 valence electrons. The predicted octanol–water partition coefficient (Wildman–Crippen LogP) is 1.39. The van der Waals surface area contributed by atoms with Crippen molar-refractivity contribution in [3.05, 3.63) is 21.9 Å². The largest absolute Gasteiger partial charge is 0.350 e. The molecule has 3 nitrogen and oxygen atoms in total. The fourth-order valence-corrected chi connectivity index (χ4v) is 1.89. The Labute approximate surface area is 88.3 Å². The minimum atomic E-state index is -0.0213. The zero-order valence-electron chi connectivity index (χ0n) is 8.54. The zero-order valence-corrected chi connectivity index (χ0v) is 9.36. The molecule has 3 N–H and O–H groups in total. The van der Waals surface area contributed by atoms with Crippen molar-refractivity contribution in [2.45, 2.75) is 26.3 Å². The Morgan fingerprint density at radius 3 is 2.86 bits per heavy atom. The molecular formula is C10H16N2OS. The van der Waals surface area contributed by atoms with Gasteiger partial charge in [-0.15, -0.1) is 11.3 Å². The Bertz CT molecular complexity index is 307. The topological polar surface area (TPSA) is 55.1 Å². The molecule has 0 spiro atoms. The fraction of sp³-hybridized carbons (Fsp3) is 0.500. The Hall–Kier alpha value is -0.870. The maximum absolute atomic E-state index is 11.5. The highest BCUT2D eigenvalue weighted by Gasteiger charge is 2.08. The molecule has 1 aromatic rings. The van der Waals surface area contributed by atoms with Gasteiger partial charge in [-0.1, -0.05) is 6.92 Å². The minimum absolute atomic E-state index is 0.00422. The van der Waals surface area contributed by atoms with Gasteiger partial charge in [-0.05, 0) is 25.5 Å². The van der Waals surface area contributed by atoms with Crippen molar-refractivity contribution in [3.8, 4) is 0 Å². The molecule has 1 amide bonds. The lowest BCUT2D eigenvalue weighted by atomic mass is 10.3. The Balaban J connectivity index is 2.52. The van der Waals surface area contributed by atoms with Crippen molar-refractivity contribution in [1.29, 1.82) is 0 Å². The average Bonchev–Trinajstić information content (AvgIpc) is 2.62. The summed E-state index contributed by atoms with van der Waals surface area (Å²) in [6.07, 6.45) is 0.977. The van der Waals surface area contributed by atoms with Crippen LogP contribution in [0, 0.1) is 0 Å². The number of hydrogen-bond acceptors (Lipinski definition) is 3. The zero-order chi connectivity index (χ0) is 10.6. The molecule has 14 heavy (non-hydrogen) atoms. The van der Waals surface area contributed by atoms with E-state index in [-0.39, 0.29) is 11.9 Å². The number of amides is 1. The van der Waals surface area contributed by atoms with Crippen molar-refractivity contribution in [1.82, 2.24) is 5.32 Å². The maximum Gasteiger partial charge on any atom is 0.261 e. The molecule has 0 aromatic carbocycles. The summed E-state index contributed by atoms with van der Waals surface area (Å²) in [5, 5.41) is 2.78. The van der Waals surface area contributed by atoms with Gasteiger partial charge in [-0.2, -0.15) is 0 Å². The van der Waals surface area contributed by atoms with Crippen LogP contribution in [-0.4, -0.2) is 18.5 Å². The molecule has 0 aliphatic carbocycles. The number of nitrogens with two attached hydrogens (primary N) is 1. The van der Waals surface area contributed by atoms with Crippen molar-refractivity contribution in [2.24, 2.45) is 5.73 Å². The van der Waals surface area contributed by atoms with Crippen molar-refractivity contribution >= 4 is 17.2 Å². The molecule has 1 unspecified atom stereocenters. The SMILES string of the molecule is CCc1ccc(C(=O)NCC(C)N)s1. The van der Waals surface area contributed by atoms with E-state index >= 15 is 0 Å². The van der Waals surface area contributed by atoms with Gasteiger partial charge in [-0.3, -0.25) is 4.79 Å². The van der Waals surface area contributed by atoms with E-state index in [2.05, 4.69) is 12.2 Å². The van der Waals surface area contributed by atoms with Crippen LogP contribution in [0.15, 0.2) is 12.1 Å². The van der Waals surface area contributed by atoms with Crippen LogP contribution in [0.1, 0.15) is 28.4 Å². The highest BCUT2D eigenvalue weighted by molar-refractivity contribution is 7.14. The standard InChI is InChI=1S/C10H16N2OS/c1-3-8-4-5-9(14-8)10(13)12-6-7(2)11/h4-5,7H,3,6,11H2,1-2H3,(H,12,13). The maximum atomic E-state index is 11.5. The molecule has 1 heterocycles. The van der Waals surface area contributed by atoms with Gasteiger partial charge in [0.15, 0.2) is 0 Å². The van der Waals surface area contributed by atoms with Gasteiger partial charge in [0.1, 0.15) is 0 Å². The van der Waals surface area contributed by atoms with E-state index in [1.807, 2.05) is 19.1 Å². The van der Waals surface area contributed by atoms with Crippen LogP contribution in [0.5, 0.6) is 0 Å². The van der Waals surface area contributed by atoms with Gasteiger partial charge < -0.3 is 11.1 Å². The first-order valence-electron chi connectivity index (χ1n) is 4.76. The Kier molecular flexibility index (Phi) is 4.10. The van der Waals surface area contributed by atoms with E-state index in [0.29, 0.717) is 6.54 Å². The van der Waals surface area contributed by atoms with Crippen molar-refractivity contribution < 1.29 is 4.79 Å². The highest BCUT2D eigenvalue weighted by Crippen LogP contribution is 2.16. The van der Waals surface area contributed by atoms with Gasteiger partial charge in [0.05, 0.1) is 4.88 Å². The molecule has 0 radical (unpaired) electrons. The number of carbonyl (C=O) groups is 1.